The molecule has 2 aromatic rings. The molecule has 0 aliphatic heterocycles. The second-order valence-corrected chi connectivity index (χ2v) is 3.02. The van der Waals surface area contributed by atoms with Gasteiger partial charge in [-0.15, -0.1) is 0 Å². The van der Waals surface area contributed by atoms with Gasteiger partial charge in [-0.3, -0.25) is 9.97 Å². The Morgan fingerprint density at radius 1 is 1.19 bits per heavy atom. The van der Waals surface area contributed by atoms with E-state index in [1.165, 1.54) is 18.5 Å². The van der Waals surface area contributed by atoms with Crippen molar-refractivity contribution in [2.45, 2.75) is 6.92 Å². The van der Waals surface area contributed by atoms with Crippen molar-refractivity contribution in [3.8, 4) is 0 Å². The molecular weight excluding hydrogens is 204 g/mol. The van der Waals surface area contributed by atoms with E-state index >= 15 is 0 Å². The fraction of sp³-hybridized carbons (Fsp3) is 0.0833. The number of nitrogens with zero attached hydrogens (tertiary/aromatic N) is 2. The lowest BCUT2D eigenvalue weighted by Crippen LogP contribution is -1.94. The van der Waals surface area contributed by atoms with E-state index in [4.69, 9.17) is 5.11 Å². The van der Waals surface area contributed by atoms with Crippen LogP contribution in [0.5, 0.6) is 0 Å². The van der Waals surface area contributed by atoms with Gasteiger partial charge < -0.3 is 5.11 Å². The number of aryl methyl sites for hydroxylation is 1. The van der Waals surface area contributed by atoms with Crippen LogP contribution in [0.2, 0.25) is 0 Å². The molecule has 0 aromatic carbocycles. The Kier molecular flexibility index (Phi) is 4.66. The molecule has 0 radical (unpaired) electrons. The molecule has 2 aromatic heterocycles. The fourth-order valence-electron chi connectivity index (χ4n) is 0.937. The van der Waals surface area contributed by atoms with Gasteiger partial charge in [0, 0.05) is 24.3 Å². The molecule has 2 heterocycles. The highest BCUT2D eigenvalue weighted by Gasteiger charge is 1.97. The van der Waals surface area contributed by atoms with Gasteiger partial charge in [0.15, 0.2) is 0 Å². The number of aromatic nitrogens is 2. The van der Waals surface area contributed by atoms with Crippen molar-refractivity contribution >= 4 is 5.97 Å². The van der Waals surface area contributed by atoms with Crippen LogP contribution in [0.25, 0.3) is 0 Å². The summed E-state index contributed by atoms with van der Waals surface area (Å²) in [7, 11) is 0. The van der Waals surface area contributed by atoms with Crippen molar-refractivity contribution in [3.05, 3.63) is 60.2 Å². The van der Waals surface area contributed by atoms with Crippen LogP contribution >= 0.6 is 0 Å². The third kappa shape index (κ3) is 4.32. The maximum atomic E-state index is 10.2. The van der Waals surface area contributed by atoms with Gasteiger partial charge in [0.25, 0.3) is 0 Å². The number of hydrogen-bond acceptors (Lipinski definition) is 3. The lowest BCUT2D eigenvalue weighted by atomic mass is 10.3. The van der Waals surface area contributed by atoms with Gasteiger partial charge in [-0.1, -0.05) is 6.07 Å². The predicted octanol–water partition coefficient (Wildman–Crippen LogP) is 2.17. The summed E-state index contributed by atoms with van der Waals surface area (Å²) < 4.78 is 0. The molecule has 0 fully saturated rings. The van der Waals surface area contributed by atoms with Crippen molar-refractivity contribution in [2.24, 2.45) is 0 Å². The molecule has 4 nitrogen and oxygen atoms in total. The monoisotopic (exact) mass is 216 g/mol. The predicted molar refractivity (Wildman–Crippen MR) is 60.2 cm³/mol. The van der Waals surface area contributed by atoms with Gasteiger partial charge >= 0.3 is 5.97 Å². The Hall–Kier alpha value is -2.23. The smallest absolute Gasteiger partial charge is 0.337 e. The van der Waals surface area contributed by atoms with E-state index < -0.39 is 5.97 Å². The molecule has 16 heavy (non-hydrogen) atoms. The Balaban J connectivity index is 0.000000165. The van der Waals surface area contributed by atoms with E-state index in [9.17, 15) is 4.79 Å². The van der Waals surface area contributed by atoms with Crippen LogP contribution in [0.15, 0.2) is 48.9 Å². The van der Waals surface area contributed by atoms with Gasteiger partial charge in [-0.2, -0.15) is 0 Å². The highest BCUT2D eigenvalue weighted by Crippen LogP contribution is 1.92. The van der Waals surface area contributed by atoms with Crippen LogP contribution in [-0.4, -0.2) is 21.0 Å². The molecule has 0 atom stereocenters. The summed E-state index contributed by atoms with van der Waals surface area (Å²) in [5.41, 5.74) is 1.29. The molecule has 82 valence electrons. The Labute approximate surface area is 93.6 Å². The molecule has 0 amide bonds. The first kappa shape index (κ1) is 11.8. The van der Waals surface area contributed by atoms with Gasteiger partial charge in [0.2, 0.25) is 0 Å². The van der Waals surface area contributed by atoms with E-state index in [0.717, 1.165) is 5.69 Å². The van der Waals surface area contributed by atoms with Crippen LogP contribution in [-0.2, 0) is 0 Å². The van der Waals surface area contributed by atoms with Crippen molar-refractivity contribution < 1.29 is 9.90 Å². The molecule has 0 unspecified atom stereocenters. The Bertz CT molecular complexity index is 429. The lowest BCUT2D eigenvalue weighted by molar-refractivity contribution is 0.0696. The summed E-state index contributed by atoms with van der Waals surface area (Å²) in [6, 6.07) is 8.94. The molecule has 0 saturated carbocycles. The maximum absolute atomic E-state index is 10.2. The highest BCUT2D eigenvalue weighted by atomic mass is 16.4. The zero-order valence-corrected chi connectivity index (χ0v) is 8.87. The standard InChI is InChI=1S/C6H5NO2.C6H7N/c8-6(9)5-2-1-3-7-4-5;1-6-4-2-3-5-7-6/h1-4H,(H,8,9);2-5H,1H3. The van der Waals surface area contributed by atoms with Gasteiger partial charge in [0.1, 0.15) is 0 Å². The first-order valence-electron chi connectivity index (χ1n) is 4.71. The summed E-state index contributed by atoms with van der Waals surface area (Å²) in [4.78, 5) is 17.8. The normalized spacial score (nSPS) is 8.81. The first-order chi connectivity index (χ1) is 7.70. The highest BCUT2D eigenvalue weighted by molar-refractivity contribution is 5.86. The second kappa shape index (κ2) is 6.29. The van der Waals surface area contributed by atoms with Crippen LogP contribution < -0.4 is 0 Å². The fourth-order valence-corrected chi connectivity index (χ4v) is 0.937. The largest absolute Gasteiger partial charge is 0.478 e. The molecule has 0 bridgehead atoms. The number of carboxylic acids is 1. The van der Waals surface area contributed by atoms with Crippen LogP contribution in [0.4, 0.5) is 0 Å². The van der Waals surface area contributed by atoms with Crippen molar-refractivity contribution in [1.82, 2.24) is 9.97 Å². The summed E-state index contributed by atoms with van der Waals surface area (Å²) in [5, 5.41) is 8.34. The molecular formula is C12H12N2O2. The number of pyridine rings is 2. The van der Waals surface area contributed by atoms with Gasteiger partial charge in [-0.05, 0) is 31.2 Å². The Morgan fingerprint density at radius 3 is 2.31 bits per heavy atom. The number of carboxylic acid groups (broad SMARTS) is 1. The molecule has 0 aliphatic rings. The minimum Gasteiger partial charge on any atom is -0.478 e. The number of rotatable bonds is 1. The summed E-state index contributed by atoms with van der Waals surface area (Å²) in [5.74, 6) is -0.942. The topological polar surface area (TPSA) is 63.1 Å². The lowest BCUT2D eigenvalue weighted by Gasteiger charge is -1.87. The van der Waals surface area contributed by atoms with Crippen LogP contribution in [0, 0.1) is 6.92 Å². The van der Waals surface area contributed by atoms with Crippen molar-refractivity contribution in [2.75, 3.05) is 0 Å². The van der Waals surface area contributed by atoms with E-state index in [0.29, 0.717) is 0 Å². The molecule has 1 N–H and O–H groups in total. The molecule has 4 heteroatoms. The quantitative estimate of drug-likeness (QED) is 0.793. The molecule has 2 rings (SSSR count). The number of aromatic carboxylic acids is 1. The molecule has 0 spiro atoms. The number of carbonyl (C=O) groups is 1. The zero-order chi connectivity index (χ0) is 11.8. The van der Waals surface area contributed by atoms with Crippen LogP contribution in [0.1, 0.15) is 16.1 Å². The van der Waals surface area contributed by atoms with E-state index in [2.05, 4.69) is 9.97 Å². The van der Waals surface area contributed by atoms with Gasteiger partial charge in [0.05, 0.1) is 5.56 Å². The SMILES string of the molecule is Cc1ccccn1.O=C(O)c1cccnc1. The van der Waals surface area contributed by atoms with Crippen molar-refractivity contribution in [3.63, 3.8) is 0 Å². The summed E-state index contributed by atoms with van der Waals surface area (Å²) >= 11 is 0. The maximum Gasteiger partial charge on any atom is 0.337 e. The minimum absolute atomic E-state index is 0.220. The molecule has 0 aliphatic carbocycles. The minimum atomic E-state index is -0.942. The summed E-state index contributed by atoms with van der Waals surface area (Å²) in [6.45, 7) is 1.97. The number of hydrogen-bond donors (Lipinski definition) is 1. The second-order valence-electron chi connectivity index (χ2n) is 3.02. The Morgan fingerprint density at radius 2 is 2.00 bits per heavy atom. The summed E-state index contributed by atoms with van der Waals surface area (Å²) in [6.07, 6.45) is 4.63. The third-order valence-electron chi connectivity index (χ3n) is 1.72. The third-order valence-corrected chi connectivity index (χ3v) is 1.72. The van der Waals surface area contributed by atoms with E-state index in [-0.39, 0.29) is 5.56 Å². The molecule has 0 saturated heterocycles. The first-order valence-corrected chi connectivity index (χ1v) is 4.71. The average Bonchev–Trinajstić information content (AvgIpc) is 2.32. The van der Waals surface area contributed by atoms with Crippen molar-refractivity contribution in [1.29, 1.82) is 0 Å². The van der Waals surface area contributed by atoms with Crippen LogP contribution in [0.3, 0.4) is 0 Å². The van der Waals surface area contributed by atoms with E-state index in [1.54, 1.807) is 12.3 Å². The van der Waals surface area contributed by atoms with E-state index in [1.807, 2.05) is 25.1 Å². The zero-order valence-electron chi connectivity index (χ0n) is 8.87. The van der Waals surface area contributed by atoms with Gasteiger partial charge in [-0.25, -0.2) is 4.79 Å². The average molecular weight is 216 g/mol.